The number of hydrogen-bond acceptors (Lipinski definition) is 5. The molecule has 3 aromatic rings. The quantitative estimate of drug-likeness (QED) is 0.546. The number of pyridine rings is 2. The minimum absolute atomic E-state index is 0.00605. The maximum absolute atomic E-state index is 13.1. The molecule has 0 radical (unpaired) electrons. The van der Waals surface area contributed by atoms with Gasteiger partial charge in [0, 0.05) is 24.1 Å². The monoisotopic (exact) mass is 465 g/mol. The molecule has 1 N–H and O–H groups in total. The molecule has 1 aromatic carbocycles. The fraction of sp³-hybridized carbons (Fsp3) is 0.190. The minimum atomic E-state index is -4.57. The van der Waals surface area contributed by atoms with Gasteiger partial charge in [-0.3, -0.25) is 19.1 Å². The number of alkyl halides is 3. The molecule has 3 rings (SSSR count). The van der Waals surface area contributed by atoms with Gasteiger partial charge in [-0.25, -0.2) is 8.42 Å². The van der Waals surface area contributed by atoms with E-state index in [2.05, 4.69) is 10.3 Å². The van der Waals surface area contributed by atoms with E-state index >= 15 is 0 Å². The predicted octanol–water partition coefficient (Wildman–Crippen LogP) is 2.60. The van der Waals surface area contributed by atoms with Crippen molar-refractivity contribution in [1.29, 1.82) is 0 Å². The van der Waals surface area contributed by atoms with Crippen LogP contribution in [0.4, 0.5) is 13.2 Å². The number of rotatable bonds is 6. The summed E-state index contributed by atoms with van der Waals surface area (Å²) in [6.07, 6.45) is -3.17. The molecule has 0 spiro atoms. The molecular formula is C21H18F3N3O4S. The van der Waals surface area contributed by atoms with E-state index in [4.69, 9.17) is 0 Å². The normalized spacial score (nSPS) is 11.5. The molecule has 0 saturated heterocycles. The van der Waals surface area contributed by atoms with E-state index in [0.29, 0.717) is 17.0 Å². The first-order valence-corrected chi connectivity index (χ1v) is 10.7. The Balaban J connectivity index is 1.84. The zero-order valence-corrected chi connectivity index (χ0v) is 17.6. The highest BCUT2D eigenvalue weighted by atomic mass is 32.2. The van der Waals surface area contributed by atoms with E-state index in [1.54, 1.807) is 13.0 Å². The van der Waals surface area contributed by atoms with Gasteiger partial charge >= 0.3 is 6.18 Å². The van der Waals surface area contributed by atoms with Gasteiger partial charge in [-0.05, 0) is 48.9 Å². The number of nitrogens with zero attached hydrogens (tertiary/aromatic N) is 2. The molecule has 0 unspecified atom stereocenters. The molecule has 1 amide bonds. The molecule has 0 saturated carbocycles. The zero-order valence-electron chi connectivity index (χ0n) is 16.7. The largest absolute Gasteiger partial charge is 0.416 e. The van der Waals surface area contributed by atoms with Gasteiger partial charge in [0.25, 0.3) is 11.5 Å². The number of thiol groups is 1. The maximum Gasteiger partial charge on any atom is 0.416 e. The van der Waals surface area contributed by atoms with E-state index in [0.717, 1.165) is 16.7 Å². The highest BCUT2D eigenvalue weighted by Gasteiger charge is 2.30. The van der Waals surface area contributed by atoms with Gasteiger partial charge < -0.3 is 5.32 Å². The first kappa shape index (κ1) is 23.2. The van der Waals surface area contributed by atoms with Crippen molar-refractivity contribution in [3.05, 3.63) is 93.2 Å². The summed E-state index contributed by atoms with van der Waals surface area (Å²) in [4.78, 5) is 29.5. The lowest BCUT2D eigenvalue weighted by Crippen LogP contribution is -2.33. The molecule has 32 heavy (non-hydrogen) atoms. The fourth-order valence-electron chi connectivity index (χ4n) is 3.01. The highest BCUT2D eigenvalue weighted by Crippen LogP contribution is 2.30. The minimum Gasteiger partial charge on any atom is -0.348 e. The molecule has 2 aromatic heterocycles. The molecule has 0 aliphatic carbocycles. The third kappa shape index (κ3) is 5.41. The summed E-state index contributed by atoms with van der Waals surface area (Å²) in [5, 5.41) is 2.56. The van der Waals surface area contributed by atoms with Crippen molar-refractivity contribution in [3.8, 4) is 5.69 Å². The lowest BCUT2D eigenvalue weighted by atomic mass is 10.1. The number of carbonyl (C=O) groups is 1. The summed E-state index contributed by atoms with van der Waals surface area (Å²) in [7, 11) is -2.60. The van der Waals surface area contributed by atoms with Gasteiger partial charge in [-0.2, -0.15) is 13.2 Å². The van der Waals surface area contributed by atoms with Gasteiger partial charge in [0.15, 0.2) is 0 Å². The third-order valence-corrected chi connectivity index (χ3v) is 5.17. The number of hydrogen-bond donors (Lipinski definition) is 2. The number of aromatic nitrogens is 2. The van der Waals surface area contributed by atoms with E-state index < -0.39 is 33.9 Å². The second kappa shape index (κ2) is 9.35. The predicted molar refractivity (Wildman–Crippen MR) is 111 cm³/mol. The average molecular weight is 465 g/mol. The van der Waals surface area contributed by atoms with Crippen LogP contribution < -0.4 is 10.9 Å². The van der Waals surface area contributed by atoms with Crippen LogP contribution >= 0.6 is 0 Å². The lowest BCUT2D eigenvalue weighted by molar-refractivity contribution is -0.137. The van der Waals surface area contributed by atoms with Crippen molar-refractivity contribution in [1.82, 2.24) is 14.9 Å². The molecular weight excluding hydrogens is 447 g/mol. The number of aryl methyl sites for hydroxylation is 1. The SMILES string of the molecule is Cc1ccc(C(=O)NCc2ccc(C[SH](=O)=O)nc2)c(=O)n1-c1cccc(C(F)(F)F)c1. The summed E-state index contributed by atoms with van der Waals surface area (Å²) < 4.78 is 61.7. The summed E-state index contributed by atoms with van der Waals surface area (Å²) in [5.41, 5.74) is -0.604. The Bertz CT molecular complexity index is 1270. The van der Waals surface area contributed by atoms with Gasteiger partial charge in [-0.1, -0.05) is 12.1 Å². The van der Waals surface area contributed by atoms with Crippen molar-refractivity contribution in [3.63, 3.8) is 0 Å². The van der Waals surface area contributed by atoms with Crippen LogP contribution in [-0.4, -0.2) is 23.9 Å². The van der Waals surface area contributed by atoms with Gasteiger partial charge in [-0.15, -0.1) is 0 Å². The van der Waals surface area contributed by atoms with Crippen LogP contribution in [0.5, 0.6) is 0 Å². The first-order chi connectivity index (χ1) is 15.1. The summed E-state index contributed by atoms with van der Waals surface area (Å²) in [5.74, 6) is -0.900. The van der Waals surface area contributed by atoms with E-state index in [9.17, 15) is 31.2 Å². The number of halogens is 3. The van der Waals surface area contributed by atoms with Crippen molar-refractivity contribution < 1.29 is 26.4 Å². The molecule has 0 fully saturated rings. The lowest BCUT2D eigenvalue weighted by Gasteiger charge is -2.14. The van der Waals surface area contributed by atoms with Crippen LogP contribution in [0, 0.1) is 6.92 Å². The Morgan fingerprint density at radius 2 is 1.88 bits per heavy atom. The highest BCUT2D eigenvalue weighted by molar-refractivity contribution is 7.71. The number of benzene rings is 1. The van der Waals surface area contributed by atoms with Gasteiger partial charge in [0.1, 0.15) is 16.3 Å². The number of carbonyl (C=O) groups excluding carboxylic acids is 1. The number of amides is 1. The first-order valence-electron chi connectivity index (χ1n) is 9.30. The van der Waals surface area contributed by atoms with Crippen LogP contribution in [0.15, 0.2) is 59.5 Å². The topological polar surface area (TPSA) is 98.1 Å². The van der Waals surface area contributed by atoms with E-state index in [-0.39, 0.29) is 23.5 Å². The Morgan fingerprint density at radius 3 is 2.50 bits per heavy atom. The van der Waals surface area contributed by atoms with Crippen molar-refractivity contribution in [2.45, 2.75) is 25.4 Å². The Hall–Kier alpha value is -3.47. The Kier molecular flexibility index (Phi) is 6.78. The van der Waals surface area contributed by atoms with E-state index in [1.807, 2.05) is 0 Å². The summed E-state index contributed by atoms with van der Waals surface area (Å²) in [6.45, 7) is 1.57. The molecule has 0 atom stereocenters. The smallest absolute Gasteiger partial charge is 0.348 e. The average Bonchev–Trinajstić information content (AvgIpc) is 2.72. The molecule has 7 nitrogen and oxygen atoms in total. The number of nitrogens with one attached hydrogen (secondary N) is 1. The van der Waals surface area contributed by atoms with Crippen LogP contribution in [0.25, 0.3) is 5.69 Å². The van der Waals surface area contributed by atoms with Crippen LogP contribution in [-0.2, 0) is 29.2 Å². The molecule has 0 aliphatic rings. The second-order valence-corrected chi connectivity index (χ2v) is 7.89. The van der Waals surface area contributed by atoms with Gasteiger partial charge in [0.2, 0.25) is 0 Å². The molecule has 2 heterocycles. The van der Waals surface area contributed by atoms with Crippen molar-refractivity contribution in [2.75, 3.05) is 0 Å². The second-order valence-electron chi connectivity index (χ2n) is 6.91. The Morgan fingerprint density at radius 1 is 1.12 bits per heavy atom. The molecule has 0 bridgehead atoms. The van der Waals surface area contributed by atoms with Crippen LogP contribution in [0.1, 0.15) is 32.9 Å². The maximum atomic E-state index is 13.1. The zero-order chi connectivity index (χ0) is 23.5. The van der Waals surface area contributed by atoms with Crippen LogP contribution in [0.2, 0.25) is 0 Å². The standard InChI is InChI=1S/C21H18F3N3O4S/c1-13-5-8-18(19(28)26-11-14-6-7-16(25-10-14)12-32(30)31)20(29)27(13)17-4-2-3-15(9-17)21(22,23)24/h2-10,32H,11-12H2,1H3,(H,26,28). The third-order valence-electron chi connectivity index (χ3n) is 4.58. The Labute approximate surface area is 182 Å². The van der Waals surface area contributed by atoms with Gasteiger partial charge in [0.05, 0.1) is 17.0 Å². The van der Waals surface area contributed by atoms with Crippen LogP contribution in [0.3, 0.4) is 0 Å². The summed E-state index contributed by atoms with van der Waals surface area (Å²) >= 11 is 0. The van der Waals surface area contributed by atoms with Crippen molar-refractivity contribution >= 4 is 16.6 Å². The molecule has 0 aliphatic heterocycles. The summed E-state index contributed by atoms with van der Waals surface area (Å²) in [6, 6.07) is 10.2. The van der Waals surface area contributed by atoms with Crippen molar-refractivity contribution in [2.24, 2.45) is 0 Å². The fourth-order valence-corrected chi connectivity index (χ4v) is 3.46. The molecule has 11 heteroatoms. The van der Waals surface area contributed by atoms with E-state index in [1.165, 1.54) is 36.5 Å². The molecule has 168 valence electrons.